The summed E-state index contributed by atoms with van der Waals surface area (Å²) in [6.07, 6.45) is 5.89. The molecule has 0 unspecified atom stereocenters. The number of hydrogen-bond acceptors (Lipinski definition) is 7. The zero-order chi connectivity index (χ0) is 21.7. The number of carbonyl (C=O) groups excluding carboxylic acids is 1. The van der Waals surface area contributed by atoms with Crippen LogP contribution in [0.1, 0.15) is 26.5 Å². The fourth-order valence-corrected chi connectivity index (χ4v) is 3.83. The van der Waals surface area contributed by atoms with E-state index in [1.165, 1.54) is 11.3 Å². The molecular weight excluding hydrogens is 408 g/mol. The van der Waals surface area contributed by atoms with Crippen LogP contribution in [0.4, 0.5) is 0 Å². The van der Waals surface area contributed by atoms with Crippen LogP contribution < -0.4 is 0 Å². The van der Waals surface area contributed by atoms with Crippen molar-refractivity contribution in [1.82, 2.24) is 19.9 Å². The highest BCUT2D eigenvalue weighted by Crippen LogP contribution is 2.28. The van der Waals surface area contributed by atoms with Crippen LogP contribution in [0.5, 0.6) is 0 Å². The zero-order valence-electron chi connectivity index (χ0n) is 16.0. The van der Waals surface area contributed by atoms with Gasteiger partial charge in [0, 0.05) is 43.0 Å². The minimum atomic E-state index is -1.82. The first-order valence-electron chi connectivity index (χ1n) is 8.90. The van der Waals surface area contributed by atoms with Gasteiger partial charge in [0.05, 0.1) is 16.3 Å². The van der Waals surface area contributed by atoms with Gasteiger partial charge >= 0.3 is 11.9 Å². The van der Waals surface area contributed by atoms with E-state index in [0.29, 0.717) is 13.1 Å². The Morgan fingerprint density at radius 3 is 2.53 bits per heavy atom. The number of thiophene rings is 1. The zero-order valence-corrected chi connectivity index (χ0v) is 16.8. The van der Waals surface area contributed by atoms with Crippen LogP contribution in [0, 0.1) is 6.92 Å². The fraction of sp³-hybridized carbons (Fsp3) is 0.200. The maximum atomic E-state index is 12.8. The Labute approximate surface area is 175 Å². The summed E-state index contributed by atoms with van der Waals surface area (Å²) in [6.45, 7) is 3.23. The van der Waals surface area contributed by atoms with E-state index >= 15 is 0 Å². The Morgan fingerprint density at radius 1 is 1.17 bits per heavy atom. The SMILES string of the molecule is Cc1csc(C(=O)N2CCc3ncnc(-c4cccnc4)c3C2)c1.O=C(O)C(=O)O. The summed E-state index contributed by atoms with van der Waals surface area (Å²) in [5, 5.41) is 16.8. The molecule has 1 amide bonds. The molecule has 0 aromatic carbocycles. The van der Waals surface area contributed by atoms with E-state index in [-0.39, 0.29) is 5.91 Å². The molecule has 4 rings (SSSR count). The average Bonchev–Trinajstić information content (AvgIpc) is 3.19. The number of hydrogen-bond donors (Lipinski definition) is 2. The Bertz CT molecular complexity index is 1070. The maximum Gasteiger partial charge on any atom is 0.414 e. The average molecular weight is 426 g/mol. The van der Waals surface area contributed by atoms with Crippen LogP contribution in [0.3, 0.4) is 0 Å². The molecule has 1 aliphatic heterocycles. The number of aryl methyl sites for hydroxylation is 1. The van der Waals surface area contributed by atoms with Crippen molar-refractivity contribution in [1.29, 1.82) is 0 Å². The van der Waals surface area contributed by atoms with Crippen molar-refractivity contribution in [2.24, 2.45) is 0 Å². The number of pyridine rings is 1. The molecule has 10 heteroatoms. The van der Waals surface area contributed by atoms with Gasteiger partial charge < -0.3 is 15.1 Å². The lowest BCUT2D eigenvalue weighted by Crippen LogP contribution is -2.36. The van der Waals surface area contributed by atoms with Gasteiger partial charge in [0.25, 0.3) is 5.91 Å². The van der Waals surface area contributed by atoms with Crippen molar-refractivity contribution in [2.45, 2.75) is 19.9 Å². The number of rotatable bonds is 2. The summed E-state index contributed by atoms with van der Waals surface area (Å²) in [7, 11) is 0. The molecule has 9 nitrogen and oxygen atoms in total. The molecule has 0 saturated carbocycles. The molecule has 30 heavy (non-hydrogen) atoms. The van der Waals surface area contributed by atoms with Crippen LogP contribution in [0.2, 0.25) is 0 Å². The van der Waals surface area contributed by atoms with Gasteiger partial charge in [0.1, 0.15) is 6.33 Å². The first-order valence-corrected chi connectivity index (χ1v) is 9.78. The lowest BCUT2D eigenvalue weighted by molar-refractivity contribution is -0.159. The fourth-order valence-electron chi connectivity index (χ4n) is 2.97. The van der Waals surface area contributed by atoms with Gasteiger partial charge in [-0.2, -0.15) is 0 Å². The monoisotopic (exact) mass is 426 g/mol. The molecule has 0 saturated heterocycles. The largest absolute Gasteiger partial charge is 0.473 e. The molecule has 3 aromatic rings. The molecule has 0 fully saturated rings. The molecule has 2 N–H and O–H groups in total. The molecule has 0 radical (unpaired) electrons. The minimum absolute atomic E-state index is 0.0831. The van der Waals surface area contributed by atoms with Gasteiger partial charge in [-0.05, 0) is 36.1 Å². The summed E-state index contributed by atoms with van der Waals surface area (Å²) in [4.78, 5) is 46.7. The highest BCUT2D eigenvalue weighted by atomic mass is 32.1. The summed E-state index contributed by atoms with van der Waals surface area (Å²) >= 11 is 1.50. The van der Waals surface area contributed by atoms with E-state index in [9.17, 15) is 4.79 Å². The van der Waals surface area contributed by atoms with E-state index < -0.39 is 11.9 Å². The summed E-state index contributed by atoms with van der Waals surface area (Å²) in [6, 6.07) is 5.83. The topological polar surface area (TPSA) is 134 Å². The highest BCUT2D eigenvalue weighted by molar-refractivity contribution is 7.12. The van der Waals surface area contributed by atoms with E-state index in [0.717, 1.165) is 39.4 Å². The second-order valence-corrected chi connectivity index (χ2v) is 7.38. The van der Waals surface area contributed by atoms with Crippen molar-refractivity contribution in [3.8, 4) is 11.3 Å². The second kappa shape index (κ2) is 9.23. The summed E-state index contributed by atoms with van der Waals surface area (Å²) in [5.41, 5.74) is 5.00. The van der Waals surface area contributed by atoms with Crippen LogP contribution in [0.15, 0.2) is 42.3 Å². The van der Waals surface area contributed by atoms with Crippen molar-refractivity contribution in [2.75, 3.05) is 6.54 Å². The third-order valence-electron chi connectivity index (χ3n) is 4.35. The van der Waals surface area contributed by atoms with E-state index in [4.69, 9.17) is 19.8 Å². The first kappa shape index (κ1) is 21.1. The summed E-state index contributed by atoms with van der Waals surface area (Å²) < 4.78 is 0. The van der Waals surface area contributed by atoms with Gasteiger partial charge in [0.2, 0.25) is 0 Å². The standard InChI is InChI=1S/C18H16N4OS.C2H2O4/c1-12-7-16(24-10-12)18(23)22-6-4-15-14(9-22)17(21-11-20-15)13-3-2-5-19-8-13;3-1(4)2(5)6/h2-3,5,7-8,10-11H,4,6,9H2,1H3;(H,3,4)(H,5,6). The molecule has 0 bridgehead atoms. The Morgan fingerprint density at radius 2 is 1.93 bits per heavy atom. The number of amides is 1. The molecule has 0 spiro atoms. The molecule has 1 aliphatic rings. The number of carboxylic acids is 2. The smallest absolute Gasteiger partial charge is 0.414 e. The number of carboxylic acid groups (broad SMARTS) is 2. The van der Waals surface area contributed by atoms with Crippen LogP contribution >= 0.6 is 11.3 Å². The Balaban J connectivity index is 0.000000377. The van der Waals surface area contributed by atoms with Crippen molar-refractivity contribution in [3.63, 3.8) is 0 Å². The predicted octanol–water partition coefficient (Wildman–Crippen LogP) is 2.26. The number of nitrogens with zero attached hydrogens (tertiary/aromatic N) is 4. The normalized spacial score (nSPS) is 12.4. The predicted molar refractivity (Wildman–Crippen MR) is 108 cm³/mol. The minimum Gasteiger partial charge on any atom is -0.473 e. The van der Waals surface area contributed by atoms with E-state index in [1.807, 2.05) is 35.4 Å². The van der Waals surface area contributed by atoms with Gasteiger partial charge in [-0.1, -0.05) is 0 Å². The van der Waals surface area contributed by atoms with Crippen molar-refractivity contribution >= 4 is 29.2 Å². The van der Waals surface area contributed by atoms with Gasteiger partial charge in [-0.3, -0.25) is 9.78 Å². The second-order valence-electron chi connectivity index (χ2n) is 6.46. The highest BCUT2D eigenvalue weighted by Gasteiger charge is 2.26. The molecule has 4 heterocycles. The molecule has 0 aliphatic carbocycles. The van der Waals surface area contributed by atoms with E-state index in [2.05, 4.69) is 15.0 Å². The summed E-state index contributed by atoms with van der Waals surface area (Å²) in [5.74, 6) is -3.57. The first-order chi connectivity index (χ1) is 14.4. The van der Waals surface area contributed by atoms with Crippen molar-refractivity contribution in [3.05, 3.63) is 64.0 Å². The Kier molecular flexibility index (Phi) is 6.48. The third-order valence-corrected chi connectivity index (χ3v) is 5.38. The molecule has 154 valence electrons. The van der Waals surface area contributed by atoms with Gasteiger partial charge in [-0.15, -0.1) is 11.3 Å². The number of aromatic nitrogens is 3. The molecular formula is C20H18N4O5S. The lowest BCUT2D eigenvalue weighted by atomic mass is 10.00. The number of aliphatic carboxylic acids is 2. The molecule has 3 aromatic heterocycles. The number of carbonyl (C=O) groups is 3. The van der Waals surface area contributed by atoms with Crippen LogP contribution in [-0.4, -0.2) is 54.5 Å². The maximum absolute atomic E-state index is 12.8. The van der Waals surface area contributed by atoms with Gasteiger partial charge in [-0.25, -0.2) is 19.6 Å². The third kappa shape index (κ3) is 4.84. The lowest BCUT2D eigenvalue weighted by Gasteiger charge is -2.29. The van der Waals surface area contributed by atoms with Gasteiger partial charge in [0.15, 0.2) is 0 Å². The van der Waals surface area contributed by atoms with E-state index in [1.54, 1.807) is 18.7 Å². The number of fused-ring (bicyclic) bond motifs is 1. The van der Waals surface area contributed by atoms with Crippen molar-refractivity contribution < 1.29 is 24.6 Å². The van der Waals surface area contributed by atoms with Crippen LogP contribution in [0.25, 0.3) is 11.3 Å². The Hall–Kier alpha value is -3.66. The van der Waals surface area contributed by atoms with Crippen LogP contribution in [-0.2, 0) is 22.6 Å². The quantitative estimate of drug-likeness (QED) is 0.596. The molecule has 0 atom stereocenters.